The van der Waals surface area contributed by atoms with Crippen LogP contribution in [-0.2, 0) is 10.0 Å². The van der Waals surface area contributed by atoms with E-state index in [1.165, 1.54) is 31.4 Å². The lowest BCUT2D eigenvalue weighted by Gasteiger charge is -2.13. The summed E-state index contributed by atoms with van der Waals surface area (Å²) in [4.78, 5) is -0.000519. The second-order valence-corrected chi connectivity index (χ2v) is 6.65. The summed E-state index contributed by atoms with van der Waals surface area (Å²) in [6, 6.07) is 11.0. The molecule has 0 radical (unpaired) electrons. The van der Waals surface area contributed by atoms with Crippen molar-refractivity contribution in [1.29, 1.82) is 5.26 Å². The van der Waals surface area contributed by atoms with Gasteiger partial charge >= 0.3 is 0 Å². The van der Waals surface area contributed by atoms with Gasteiger partial charge in [-0.15, -0.1) is 0 Å². The van der Waals surface area contributed by atoms with Crippen LogP contribution in [0.5, 0.6) is 5.75 Å². The van der Waals surface area contributed by atoms with E-state index in [1.54, 1.807) is 12.1 Å². The second-order valence-electron chi connectivity index (χ2n) is 4.56. The molecular weight excluding hydrogens is 324 g/mol. The van der Waals surface area contributed by atoms with Gasteiger partial charge in [0.1, 0.15) is 16.7 Å². The number of anilines is 1. The van der Waals surface area contributed by atoms with Crippen LogP contribution in [0.2, 0.25) is 5.02 Å². The van der Waals surface area contributed by atoms with Crippen molar-refractivity contribution in [2.24, 2.45) is 0 Å². The summed E-state index contributed by atoms with van der Waals surface area (Å²) in [5, 5.41) is 9.43. The summed E-state index contributed by atoms with van der Waals surface area (Å²) in [7, 11) is -2.49. The maximum atomic E-state index is 12.5. The number of hydrogen-bond donors (Lipinski definition) is 1. The van der Waals surface area contributed by atoms with Crippen LogP contribution in [0.1, 0.15) is 11.1 Å². The predicted octanol–water partition coefficient (Wildman–Crippen LogP) is 3.33. The van der Waals surface area contributed by atoms with Gasteiger partial charge in [0.25, 0.3) is 10.0 Å². The second kappa shape index (κ2) is 6.26. The first kappa shape index (κ1) is 16.1. The summed E-state index contributed by atoms with van der Waals surface area (Å²) >= 11 is 5.80. The highest BCUT2D eigenvalue weighted by Gasteiger charge is 2.21. The average Bonchev–Trinajstić information content (AvgIpc) is 2.48. The minimum absolute atomic E-state index is 0.000519. The number of sulfonamides is 1. The van der Waals surface area contributed by atoms with E-state index in [9.17, 15) is 8.42 Å². The Morgan fingerprint density at radius 2 is 1.95 bits per heavy atom. The molecule has 0 aliphatic heterocycles. The summed E-state index contributed by atoms with van der Waals surface area (Å²) in [6.07, 6.45) is 0. The Morgan fingerprint density at radius 1 is 1.23 bits per heavy atom. The quantitative estimate of drug-likeness (QED) is 0.928. The van der Waals surface area contributed by atoms with Crippen molar-refractivity contribution in [2.45, 2.75) is 11.8 Å². The first-order chi connectivity index (χ1) is 10.4. The van der Waals surface area contributed by atoms with Gasteiger partial charge < -0.3 is 4.74 Å². The fourth-order valence-corrected chi connectivity index (χ4v) is 3.30. The van der Waals surface area contributed by atoms with E-state index >= 15 is 0 Å². The number of nitriles is 1. The first-order valence-electron chi connectivity index (χ1n) is 6.24. The van der Waals surface area contributed by atoms with Gasteiger partial charge in [0, 0.05) is 5.02 Å². The zero-order valence-electron chi connectivity index (χ0n) is 11.9. The van der Waals surface area contributed by atoms with Gasteiger partial charge in [0.15, 0.2) is 0 Å². The average molecular weight is 337 g/mol. The van der Waals surface area contributed by atoms with Crippen LogP contribution < -0.4 is 9.46 Å². The lowest BCUT2D eigenvalue weighted by molar-refractivity contribution is 0.402. The van der Waals surface area contributed by atoms with Crippen LogP contribution in [0.25, 0.3) is 0 Å². The third-order valence-corrected chi connectivity index (χ3v) is 4.60. The Labute approximate surface area is 134 Å². The zero-order chi connectivity index (χ0) is 16.3. The predicted molar refractivity (Wildman–Crippen MR) is 84.7 cm³/mol. The van der Waals surface area contributed by atoms with E-state index < -0.39 is 10.0 Å². The first-order valence-corrected chi connectivity index (χ1v) is 8.10. The molecule has 22 heavy (non-hydrogen) atoms. The Balaban J connectivity index is 2.47. The fourth-order valence-electron chi connectivity index (χ4n) is 1.89. The Hall–Kier alpha value is -2.23. The highest BCUT2D eigenvalue weighted by molar-refractivity contribution is 7.92. The molecule has 2 aromatic carbocycles. The smallest absolute Gasteiger partial charge is 0.265 e. The molecule has 0 aliphatic rings. The number of halogens is 1. The van der Waals surface area contributed by atoms with Crippen molar-refractivity contribution >= 4 is 27.3 Å². The lowest BCUT2D eigenvalue weighted by Crippen LogP contribution is -2.15. The van der Waals surface area contributed by atoms with Gasteiger partial charge in [-0.1, -0.05) is 17.7 Å². The molecule has 0 heterocycles. The highest BCUT2D eigenvalue weighted by Crippen LogP contribution is 2.28. The molecule has 5 nitrogen and oxygen atoms in total. The third kappa shape index (κ3) is 3.32. The van der Waals surface area contributed by atoms with Crippen molar-refractivity contribution in [3.05, 3.63) is 52.5 Å². The number of hydrogen-bond acceptors (Lipinski definition) is 4. The Bertz CT molecular complexity index is 858. The van der Waals surface area contributed by atoms with Crippen molar-refractivity contribution in [3.63, 3.8) is 0 Å². The fraction of sp³-hybridized carbons (Fsp3) is 0.133. The molecule has 2 rings (SSSR count). The van der Waals surface area contributed by atoms with Crippen LogP contribution in [-0.4, -0.2) is 15.5 Å². The molecule has 0 atom stereocenters. The van der Waals surface area contributed by atoms with Crippen LogP contribution >= 0.6 is 11.6 Å². The number of benzene rings is 2. The summed E-state index contributed by atoms with van der Waals surface area (Å²) in [5.74, 6) is 0.236. The minimum atomic E-state index is -3.89. The number of nitrogens with zero attached hydrogens (tertiary/aromatic N) is 1. The summed E-state index contributed by atoms with van der Waals surface area (Å²) < 4.78 is 32.5. The minimum Gasteiger partial charge on any atom is -0.495 e. The molecule has 1 N–H and O–H groups in total. The van der Waals surface area contributed by atoms with E-state index in [0.717, 1.165) is 5.56 Å². The molecule has 0 fully saturated rings. The normalized spacial score (nSPS) is 10.8. The number of aryl methyl sites for hydroxylation is 1. The number of ether oxygens (including phenoxy) is 1. The van der Waals surface area contributed by atoms with Gasteiger partial charge in [0.05, 0.1) is 18.4 Å². The summed E-state index contributed by atoms with van der Waals surface area (Å²) in [5.41, 5.74) is 1.18. The van der Waals surface area contributed by atoms with Crippen LogP contribution in [0.15, 0.2) is 41.3 Å². The van der Waals surface area contributed by atoms with Crippen molar-refractivity contribution < 1.29 is 13.2 Å². The number of methoxy groups -OCH3 is 1. The third-order valence-electron chi connectivity index (χ3n) is 2.96. The van der Waals surface area contributed by atoms with E-state index in [1.807, 2.05) is 13.0 Å². The van der Waals surface area contributed by atoms with Crippen molar-refractivity contribution in [3.8, 4) is 11.8 Å². The molecular formula is C15H13ClN2O3S. The van der Waals surface area contributed by atoms with Gasteiger partial charge in [-0.05, 0) is 42.8 Å². The molecule has 2 aromatic rings. The Morgan fingerprint density at radius 3 is 2.59 bits per heavy atom. The zero-order valence-corrected chi connectivity index (χ0v) is 13.5. The monoisotopic (exact) mass is 336 g/mol. The maximum Gasteiger partial charge on any atom is 0.265 e. The number of rotatable bonds is 4. The molecule has 7 heteroatoms. The summed E-state index contributed by atoms with van der Waals surface area (Å²) in [6.45, 7) is 1.83. The van der Waals surface area contributed by atoms with Crippen LogP contribution in [0.3, 0.4) is 0 Å². The SMILES string of the molecule is COc1cc(C)ccc1S(=O)(=O)Nc1ccc(Cl)cc1C#N. The van der Waals surface area contributed by atoms with E-state index in [-0.39, 0.29) is 21.9 Å². The van der Waals surface area contributed by atoms with Crippen molar-refractivity contribution in [2.75, 3.05) is 11.8 Å². The van der Waals surface area contributed by atoms with Crippen molar-refractivity contribution in [1.82, 2.24) is 0 Å². The molecule has 0 amide bonds. The lowest BCUT2D eigenvalue weighted by atomic mass is 10.2. The molecule has 0 bridgehead atoms. The molecule has 0 saturated carbocycles. The maximum absolute atomic E-state index is 12.5. The highest BCUT2D eigenvalue weighted by atomic mass is 35.5. The van der Waals surface area contributed by atoms with E-state index in [4.69, 9.17) is 21.6 Å². The van der Waals surface area contributed by atoms with Crippen LogP contribution in [0.4, 0.5) is 5.69 Å². The number of nitrogens with one attached hydrogen (secondary N) is 1. The Kier molecular flexibility index (Phi) is 4.59. The standard InChI is InChI=1S/C15H13ClN2O3S/c1-10-3-6-15(14(7-10)21-2)22(19,20)18-13-5-4-12(16)8-11(13)9-17/h3-8,18H,1-2H3. The molecule has 0 spiro atoms. The van der Waals surface area contributed by atoms with E-state index in [0.29, 0.717) is 5.02 Å². The molecule has 0 aliphatic carbocycles. The van der Waals surface area contributed by atoms with Gasteiger partial charge in [-0.3, -0.25) is 4.72 Å². The van der Waals surface area contributed by atoms with Crippen LogP contribution in [0, 0.1) is 18.3 Å². The topological polar surface area (TPSA) is 79.2 Å². The molecule has 0 saturated heterocycles. The molecule has 0 aromatic heterocycles. The van der Waals surface area contributed by atoms with Gasteiger partial charge in [-0.2, -0.15) is 5.26 Å². The largest absolute Gasteiger partial charge is 0.495 e. The molecule has 114 valence electrons. The van der Waals surface area contributed by atoms with E-state index in [2.05, 4.69) is 4.72 Å². The molecule has 0 unspecified atom stereocenters. The van der Waals surface area contributed by atoms with Gasteiger partial charge in [0.2, 0.25) is 0 Å². The van der Waals surface area contributed by atoms with Gasteiger partial charge in [-0.25, -0.2) is 8.42 Å².